The first-order chi connectivity index (χ1) is 9.52. The van der Waals surface area contributed by atoms with Crippen LogP contribution in [0.2, 0.25) is 0 Å². The molecule has 2 rings (SSSR count). The number of rotatable bonds is 3. The third-order valence-electron chi connectivity index (χ3n) is 2.45. The van der Waals surface area contributed by atoms with Crippen molar-refractivity contribution in [2.45, 2.75) is 0 Å². The Labute approximate surface area is 112 Å². The predicted octanol–water partition coefficient (Wildman–Crippen LogP) is 2.17. The van der Waals surface area contributed by atoms with Crippen molar-refractivity contribution in [2.75, 3.05) is 5.73 Å². The Kier molecular flexibility index (Phi) is 3.48. The number of nitrogens with two attached hydrogens (primary N) is 1. The third-order valence-corrected chi connectivity index (χ3v) is 2.45. The molecule has 3 N–H and O–H groups in total. The fourth-order valence-electron chi connectivity index (χ4n) is 1.48. The highest BCUT2D eigenvalue weighted by Gasteiger charge is 2.15. The topological polar surface area (TPSA) is 109 Å². The zero-order valence-corrected chi connectivity index (χ0v) is 10.0. The summed E-state index contributed by atoms with van der Waals surface area (Å²) in [4.78, 5) is 14.7. The normalized spacial score (nSPS) is 9.80. The summed E-state index contributed by atoms with van der Waals surface area (Å²) in [6, 6.07) is 6.58. The van der Waals surface area contributed by atoms with Gasteiger partial charge in [-0.15, -0.1) is 0 Å². The molecule has 20 heavy (non-hydrogen) atoms. The van der Waals surface area contributed by atoms with Gasteiger partial charge in [-0.1, -0.05) is 0 Å². The number of nitriles is 1. The van der Waals surface area contributed by atoms with Crippen LogP contribution in [0.4, 0.5) is 10.1 Å². The molecule has 0 spiro atoms. The minimum atomic E-state index is -1.24. The fourth-order valence-corrected chi connectivity index (χ4v) is 1.48. The van der Waals surface area contributed by atoms with Crippen LogP contribution in [-0.4, -0.2) is 16.1 Å². The number of carboxylic acid groups (broad SMARTS) is 1. The Hall–Kier alpha value is -3.14. The molecule has 2 aromatic rings. The van der Waals surface area contributed by atoms with E-state index in [2.05, 4.69) is 4.98 Å². The number of nitrogen functional groups attached to an aromatic ring is 1. The lowest BCUT2D eigenvalue weighted by atomic mass is 10.2. The SMILES string of the molecule is N#Cc1ccc(Oc2nccc(C(=O)O)c2N)c(F)c1. The Morgan fingerprint density at radius 2 is 2.20 bits per heavy atom. The molecule has 0 radical (unpaired) electrons. The molecular weight excluding hydrogens is 265 g/mol. The number of benzene rings is 1. The molecular formula is C13H8FN3O3. The Morgan fingerprint density at radius 3 is 2.80 bits per heavy atom. The number of pyridine rings is 1. The molecule has 0 saturated carbocycles. The second kappa shape index (κ2) is 5.24. The van der Waals surface area contributed by atoms with E-state index < -0.39 is 11.8 Å². The predicted molar refractivity (Wildman–Crippen MR) is 66.8 cm³/mol. The number of aromatic nitrogens is 1. The standard InChI is InChI=1S/C13H8FN3O3/c14-9-5-7(6-15)1-2-10(9)20-12-11(16)8(13(18)19)3-4-17-12/h1-5H,16H2,(H,18,19). The molecule has 0 aliphatic heterocycles. The molecule has 1 aromatic heterocycles. The largest absolute Gasteiger partial charge is 0.478 e. The third kappa shape index (κ3) is 2.49. The van der Waals surface area contributed by atoms with Gasteiger partial charge in [-0.05, 0) is 24.3 Å². The van der Waals surface area contributed by atoms with E-state index in [0.29, 0.717) is 0 Å². The van der Waals surface area contributed by atoms with Crippen LogP contribution in [-0.2, 0) is 0 Å². The first-order valence-corrected chi connectivity index (χ1v) is 5.38. The number of hydrogen-bond donors (Lipinski definition) is 2. The van der Waals surface area contributed by atoms with E-state index in [1.807, 2.05) is 0 Å². The van der Waals surface area contributed by atoms with Gasteiger partial charge in [0.25, 0.3) is 0 Å². The highest BCUT2D eigenvalue weighted by molar-refractivity contribution is 5.94. The molecule has 6 nitrogen and oxygen atoms in total. The van der Waals surface area contributed by atoms with Crippen LogP contribution in [0.15, 0.2) is 30.5 Å². The lowest BCUT2D eigenvalue weighted by Crippen LogP contribution is -2.05. The molecule has 1 heterocycles. The molecule has 0 unspecified atom stereocenters. The zero-order valence-electron chi connectivity index (χ0n) is 10.0. The molecule has 0 aliphatic rings. The summed E-state index contributed by atoms with van der Waals surface area (Å²) >= 11 is 0. The van der Waals surface area contributed by atoms with Crippen molar-refractivity contribution in [3.63, 3.8) is 0 Å². The van der Waals surface area contributed by atoms with Crippen molar-refractivity contribution in [3.05, 3.63) is 47.4 Å². The van der Waals surface area contributed by atoms with Crippen LogP contribution < -0.4 is 10.5 Å². The van der Waals surface area contributed by atoms with Gasteiger partial charge in [-0.2, -0.15) is 5.26 Å². The van der Waals surface area contributed by atoms with Gasteiger partial charge in [0.05, 0.1) is 17.2 Å². The summed E-state index contributed by atoms with van der Waals surface area (Å²) in [5.41, 5.74) is 5.33. The van der Waals surface area contributed by atoms with Gasteiger partial charge >= 0.3 is 5.97 Å². The van der Waals surface area contributed by atoms with Gasteiger partial charge in [-0.25, -0.2) is 14.2 Å². The number of hydrogen-bond acceptors (Lipinski definition) is 5. The first kappa shape index (κ1) is 13.3. The molecule has 7 heteroatoms. The van der Waals surface area contributed by atoms with Crippen LogP contribution in [0, 0.1) is 17.1 Å². The maximum absolute atomic E-state index is 13.7. The monoisotopic (exact) mass is 273 g/mol. The number of halogens is 1. The van der Waals surface area contributed by atoms with Crippen molar-refractivity contribution >= 4 is 11.7 Å². The number of carbonyl (C=O) groups is 1. The van der Waals surface area contributed by atoms with Crippen molar-refractivity contribution in [2.24, 2.45) is 0 Å². The van der Waals surface area contributed by atoms with Gasteiger partial charge in [0.15, 0.2) is 11.6 Å². The summed E-state index contributed by atoms with van der Waals surface area (Å²) in [6.07, 6.45) is 1.19. The van der Waals surface area contributed by atoms with E-state index in [0.717, 1.165) is 6.07 Å². The molecule has 0 bridgehead atoms. The molecule has 0 aliphatic carbocycles. The number of anilines is 1. The number of carboxylic acids is 1. The number of aromatic carboxylic acids is 1. The quantitative estimate of drug-likeness (QED) is 0.886. The lowest BCUT2D eigenvalue weighted by Gasteiger charge is -2.09. The van der Waals surface area contributed by atoms with Crippen molar-refractivity contribution in [3.8, 4) is 17.7 Å². The molecule has 0 saturated heterocycles. The van der Waals surface area contributed by atoms with E-state index in [1.54, 1.807) is 6.07 Å². The van der Waals surface area contributed by atoms with Gasteiger partial charge in [0.2, 0.25) is 5.88 Å². The minimum Gasteiger partial charge on any atom is -0.478 e. The Morgan fingerprint density at radius 1 is 1.45 bits per heavy atom. The molecule has 0 amide bonds. The average molecular weight is 273 g/mol. The smallest absolute Gasteiger partial charge is 0.338 e. The Bertz CT molecular complexity index is 725. The highest BCUT2D eigenvalue weighted by atomic mass is 19.1. The van der Waals surface area contributed by atoms with Gasteiger partial charge < -0.3 is 15.6 Å². The van der Waals surface area contributed by atoms with Crippen LogP contribution in [0.25, 0.3) is 0 Å². The second-order valence-electron chi connectivity index (χ2n) is 3.74. The minimum absolute atomic E-state index is 0.134. The van der Waals surface area contributed by atoms with Crippen molar-refractivity contribution < 1.29 is 19.0 Å². The second-order valence-corrected chi connectivity index (χ2v) is 3.74. The van der Waals surface area contributed by atoms with E-state index in [9.17, 15) is 9.18 Å². The average Bonchev–Trinajstić information content (AvgIpc) is 2.42. The fraction of sp³-hybridized carbons (Fsp3) is 0. The first-order valence-electron chi connectivity index (χ1n) is 5.38. The molecule has 0 atom stereocenters. The summed E-state index contributed by atoms with van der Waals surface area (Å²) < 4.78 is 18.8. The maximum atomic E-state index is 13.7. The number of ether oxygens (including phenoxy) is 1. The van der Waals surface area contributed by atoms with Crippen molar-refractivity contribution in [1.29, 1.82) is 5.26 Å². The van der Waals surface area contributed by atoms with E-state index in [4.69, 9.17) is 20.8 Å². The summed E-state index contributed by atoms with van der Waals surface area (Å²) in [5, 5.41) is 17.5. The summed E-state index contributed by atoms with van der Waals surface area (Å²) in [5.74, 6) is -2.43. The summed E-state index contributed by atoms with van der Waals surface area (Å²) in [7, 11) is 0. The van der Waals surface area contributed by atoms with Crippen molar-refractivity contribution in [1.82, 2.24) is 4.98 Å². The van der Waals surface area contributed by atoms with E-state index in [-0.39, 0.29) is 28.4 Å². The van der Waals surface area contributed by atoms with Gasteiger partial charge in [-0.3, -0.25) is 0 Å². The van der Waals surface area contributed by atoms with E-state index >= 15 is 0 Å². The lowest BCUT2D eigenvalue weighted by molar-refractivity contribution is 0.0697. The van der Waals surface area contributed by atoms with Crippen LogP contribution in [0.1, 0.15) is 15.9 Å². The van der Waals surface area contributed by atoms with Crippen LogP contribution >= 0.6 is 0 Å². The Balaban J connectivity index is 2.38. The van der Waals surface area contributed by atoms with Crippen LogP contribution in [0.5, 0.6) is 11.6 Å². The maximum Gasteiger partial charge on any atom is 0.338 e. The number of nitrogens with zero attached hydrogens (tertiary/aromatic N) is 2. The van der Waals surface area contributed by atoms with Gasteiger partial charge in [0, 0.05) is 6.20 Å². The van der Waals surface area contributed by atoms with Gasteiger partial charge in [0.1, 0.15) is 5.69 Å². The van der Waals surface area contributed by atoms with Crippen LogP contribution in [0.3, 0.4) is 0 Å². The zero-order chi connectivity index (χ0) is 14.7. The van der Waals surface area contributed by atoms with E-state index in [1.165, 1.54) is 24.4 Å². The molecule has 1 aromatic carbocycles. The molecule has 0 fully saturated rings. The summed E-state index contributed by atoms with van der Waals surface area (Å²) in [6.45, 7) is 0. The molecule has 100 valence electrons. The highest BCUT2D eigenvalue weighted by Crippen LogP contribution is 2.29.